The van der Waals surface area contributed by atoms with Crippen molar-refractivity contribution in [1.29, 1.82) is 0 Å². The highest BCUT2D eigenvalue weighted by Gasteiger charge is 2.21. The zero-order valence-electron chi connectivity index (χ0n) is 11.3. The van der Waals surface area contributed by atoms with Gasteiger partial charge in [0.2, 0.25) is 0 Å². The average Bonchev–Trinajstić information content (AvgIpc) is 2.86. The molecule has 5 heteroatoms. The van der Waals surface area contributed by atoms with Gasteiger partial charge in [0.25, 0.3) is 0 Å². The Kier molecular flexibility index (Phi) is 3.17. The van der Waals surface area contributed by atoms with E-state index in [9.17, 15) is 14.3 Å². The molecule has 1 heterocycles. The number of rotatable bonds is 3. The Labute approximate surface area is 120 Å². The van der Waals surface area contributed by atoms with Crippen LogP contribution in [-0.4, -0.2) is 20.6 Å². The molecule has 0 amide bonds. The van der Waals surface area contributed by atoms with Crippen LogP contribution in [0.5, 0.6) is 0 Å². The molecule has 0 aliphatic rings. The third kappa shape index (κ3) is 2.27. The van der Waals surface area contributed by atoms with Crippen LogP contribution in [0.2, 0.25) is 0 Å². The van der Waals surface area contributed by atoms with Gasteiger partial charge >= 0.3 is 5.97 Å². The van der Waals surface area contributed by atoms with Gasteiger partial charge in [-0.05, 0) is 43.3 Å². The van der Waals surface area contributed by atoms with Crippen LogP contribution < -0.4 is 0 Å². The number of fused-ring (bicyclic) bond motifs is 1. The van der Waals surface area contributed by atoms with Gasteiger partial charge < -0.3 is 9.67 Å². The Morgan fingerprint density at radius 3 is 2.52 bits per heavy atom. The van der Waals surface area contributed by atoms with Crippen molar-refractivity contribution < 1.29 is 14.3 Å². The molecule has 0 aliphatic heterocycles. The molecular formula is C16H13FN2O2. The zero-order valence-corrected chi connectivity index (χ0v) is 11.3. The molecular weight excluding hydrogens is 271 g/mol. The summed E-state index contributed by atoms with van der Waals surface area (Å²) in [5, 5.41) is 9.32. The standard InChI is InChI=1S/C16H13FN2O2/c1-10(16(20)21)19-14-5-3-2-4-13(14)18-15(19)11-6-8-12(17)9-7-11/h2-10H,1H3,(H,20,21). The highest BCUT2D eigenvalue weighted by Crippen LogP contribution is 2.28. The van der Waals surface area contributed by atoms with Gasteiger partial charge in [-0.15, -0.1) is 0 Å². The summed E-state index contributed by atoms with van der Waals surface area (Å²) in [5.41, 5.74) is 2.14. The molecule has 0 spiro atoms. The molecule has 0 saturated carbocycles. The first-order valence-electron chi connectivity index (χ1n) is 6.53. The molecule has 0 saturated heterocycles. The summed E-state index contributed by atoms with van der Waals surface area (Å²) < 4.78 is 14.7. The van der Waals surface area contributed by atoms with E-state index in [2.05, 4.69) is 4.98 Å². The van der Waals surface area contributed by atoms with Crippen LogP contribution in [0.25, 0.3) is 22.4 Å². The summed E-state index contributed by atoms with van der Waals surface area (Å²) in [6, 6.07) is 12.4. The largest absolute Gasteiger partial charge is 0.480 e. The van der Waals surface area contributed by atoms with Crippen molar-refractivity contribution in [3.05, 3.63) is 54.3 Å². The topological polar surface area (TPSA) is 55.1 Å². The molecule has 3 rings (SSSR count). The van der Waals surface area contributed by atoms with Gasteiger partial charge in [0.05, 0.1) is 11.0 Å². The molecule has 0 aliphatic carbocycles. The number of carbonyl (C=O) groups is 1. The molecule has 1 aromatic heterocycles. The monoisotopic (exact) mass is 284 g/mol. The molecule has 4 nitrogen and oxygen atoms in total. The first kappa shape index (κ1) is 13.3. The van der Waals surface area contributed by atoms with Crippen LogP contribution >= 0.6 is 0 Å². The highest BCUT2D eigenvalue weighted by molar-refractivity contribution is 5.84. The van der Waals surface area contributed by atoms with Crippen molar-refractivity contribution in [2.45, 2.75) is 13.0 Å². The molecule has 21 heavy (non-hydrogen) atoms. The van der Waals surface area contributed by atoms with Gasteiger partial charge in [0.1, 0.15) is 17.7 Å². The second kappa shape index (κ2) is 5.01. The smallest absolute Gasteiger partial charge is 0.326 e. The summed E-state index contributed by atoms with van der Waals surface area (Å²) >= 11 is 0. The van der Waals surface area contributed by atoms with Crippen molar-refractivity contribution in [2.75, 3.05) is 0 Å². The molecule has 2 aromatic carbocycles. The quantitative estimate of drug-likeness (QED) is 0.801. The molecule has 0 radical (unpaired) electrons. The van der Waals surface area contributed by atoms with Gasteiger partial charge in [0, 0.05) is 5.56 Å². The second-order valence-electron chi connectivity index (χ2n) is 4.82. The summed E-state index contributed by atoms with van der Waals surface area (Å²) in [5.74, 6) is -0.764. The molecule has 1 unspecified atom stereocenters. The number of imidazole rings is 1. The van der Waals surface area contributed by atoms with Crippen LogP contribution in [0.3, 0.4) is 0 Å². The van der Waals surface area contributed by atoms with Gasteiger partial charge in [-0.3, -0.25) is 0 Å². The number of carboxylic acids is 1. The maximum Gasteiger partial charge on any atom is 0.326 e. The van der Waals surface area contributed by atoms with E-state index in [0.29, 0.717) is 16.9 Å². The molecule has 0 bridgehead atoms. The van der Waals surface area contributed by atoms with E-state index in [-0.39, 0.29) is 5.82 Å². The lowest BCUT2D eigenvalue weighted by atomic mass is 10.2. The van der Waals surface area contributed by atoms with Crippen molar-refractivity contribution in [3.8, 4) is 11.4 Å². The molecule has 106 valence electrons. The minimum atomic E-state index is -0.943. The number of aromatic nitrogens is 2. The van der Waals surface area contributed by atoms with E-state index >= 15 is 0 Å². The first-order valence-corrected chi connectivity index (χ1v) is 6.53. The Balaban J connectivity index is 2.28. The van der Waals surface area contributed by atoms with Crippen molar-refractivity contribution in [2.24, 2.45) is 0 Å². The molecule has 0 fully saturated rings. The first-order chi connectivity index (χ1) is 10.1. The van der Waals surface area contributed by atoms with Crippen LogP contribution in [-0.2, 0) is 4.79 Å². The Morgan fingerprint density at radius 2 is 1.86 bits per heavy atom. The number of halogens is 1. The Bertz CT molecular complexity index is 809. The van der Waals surface area contributed by atoms with Gasteiger partial charge in [-0.1, -0.05) is 12.1 Å². The van der Waals surface area contributed by atoms with Crippen LogP contribution in [0.4, 0.5) is 4.39 Å². The lowest BCUT2D eigenvalue weighted by Gasteiger charge is -2.13. The fraction of sp³-hybridized carbons (Fsp3) is 0.125. The third-order valence-electron chi connectivity index (χ3n) is 3.44. The molecule has 1 N–H and O–H groups in total. The van der Waals surface area contributed by atoms with Crippen molar-refractivity contribution >= 4 is 17.0 Å². The maximum absolute atomic E-state index is 13.1. The fourth-order valence-electron chi connectivity index (χ4n) is 2.35. The predicted octanol–water partition coefficient (Wildman–Crippen LogP) is 3.49. The van der Waals surface area contributed by atoms with E-state index in [1.165, 1.54) is 12.1 Å². The van der Waals surface area contributed by atoms with Crippen LogP contribution in [0.1, 0.15) is 13.0 Å². The van der Waals surface area contributed by atoms with E-state index in [4.69, 9.17) is 0 Å². The summed E-state index contributed by atoms with van der Waals surface area (Å²) in [6.45, 7) is 1.60. The number of benzene rings is 2. The van der Waals surface area contributed by atoms with E-state index in [1.807, 2.05) is 24.3 Å². The van der Waals surface area contributed by atoms with Gasteiger partial charge in [0.15, 0.2) is 0 Å². The lowest BCUT2D eigenvalue weighted by Crippen LogP contribution is -2.16. The number of hydrogen-bond donors (Lipinski definition) is 1. The van der Waals surface area contributed by atoms with E-state index < -0.39 is 12.0 Å². The van der Waals surface area contributed by atoms with Crippen LogP contribution in [0, 0.1) is 5.82 Å². The van der Waals surface area contributed by atoms with E-state index in [0.717, 1.165) is 5.52 Å². The van der Waals surface area contributed by atoms with E-state index in [1.54, 1.807) is 23.6 Å². The van der Waals surface area contributed by atoms with Crippen molar-refractivity contribution in [1.82, 2.24) is 9.55 Å². The number of aliphatic carboxylic acids is 1. The number of hydrogen-bond acceptors (Lipinski definition) is 2. The Hall–Kier alpha value is -2.69. The third-order valence-corrected chi connectivity index (χ3v) is 3.44. The lowest BCUT2D eigenvalue weighted by molar-refractivity contribution is -0.140. The maximum atomic E-state index is 13.1. The minimum Gasteiger partial charge on any atom is -0.480 e. The molecule has 1 atom stereocenters. The zero-order chi connectivity index (χ0) is 15.0. The minimum absolute atomic E-state index is 0.340. The highest BCUT2D eigenvalue weighted by atomic mass is 19.1. The summed E-state index contributed by atoms with van der Waals surface area (Å²) in [6.07, 6.45) is 0. The number of carboxylic acid groups (broad SMARTS) is 1. The predicted molar refractivity (Wildman–Crippen MR) is 77.5 cm³/mol. The van der Waals surface area contributed by atoms with Gasteiger partial charge in [-0.25, -0.2) is 14.2 Å². The fourth-order valence-corrected chi connectivity index (χ4v) is 2.35. The second-order valence-corrected chi connectivity index (χ2v) is 4.82. The summed E-state index contributed by atoms with van der Waals surface area (Å²) in [7, 11) is 0. The number of para-hydroxylation sites is 2. The summed E-state index contributed by atoms with van der Waals surface area (Å²) in [4.78, 5) is 15.9. The SMILES string of the molecule is CC(C(=O)O)n1c(-c2ccc(F)cc2)nc2ccccc21. The average molecular weight is 284 g/mol. The van der Waals surface area contributed by atoms with Crippen molar-refractivity contribution in [3.63, 3.8) is 0 Å². The number of nitrogens with zero attached hydrogens (tertiary/aromatic N) is 2. The Morgan fingerprint density at radius 1 is 1.19 bits per heavy atom. The molecule has 3 aromatic rings. The van der Waals surface area contributed by atoms with Gasteiger partial charge in [-0.2, -0.15) is 0 Å². The van der Waals surface area contributed by atoms with Crippen LogP contribution in [0.15, 0.2) is 48.5 Å². The normalized spacial score (nSPS) is 12.5.